The van der Waals surface area contributed by atoms with E-state index < -0.39 is 0 Å². The first-order valence-corrected chi connectivity index (χ1v) is 6.78. The Bertz CT molecular complexity index is 613. The zero-order valence-electron chi connectivity index (χ0n) is 11.5. The monoisotopic (exact) mass is 291 g/mol. The number of aromatic nitrogens is 2. The van der Waals surface area contributed by atoms with Crippen LogP contribution >= 0.6 is 11.6 Å². The topological polar surface area (TPSA) is 89.8 Å². The van der Waals surface area contributed by atoms with Crippen molar-refractivity contribution in [1.82, 2.24) is 9.97 Å². The van der Waals surface area contributed by atoms with Gasteiger partial charge in [0.05, 0.1) is 5.69 Å². The standard InChI is InChI=1S/C14H18ClN5/c1-8(2)18-13-6-12(19-14(17)20-13)9-4-3-5-11(15)10(9)7-16/h3-6,8H,7,16H2,1-2H3,(H3,17,18,19,20). The molecular formula is C14H18ClN5. The van der Waals surface area contributed by atoms with Crippen LogP contribution in [-0.2, 0) is 6.54 Å². The number of nitrogens with zero attached hydrogens (tertiary/aromatic N) is 2. The SMILES string of the molecule is CC(C)Nc1cc(-c2cccc(Cl)c2CN)nc(N)n1. The van der Waals surface area contributed by atoms with Gasteiger partial charge in [0.2, 0.25) is 5.95 Å². The van der Waals surface area contributed by atoms with Crippen molar-refractivity contribution in [2.75, 3.05) is 11.1 Å². The Morgan fingerprint density at radius 2 is 2.05 bits per heavy atom. The van der Waals surface area contributed by atoms with Gasteiger partial charge in [0.1, 0.15) is 5.82 Å². The number of rotatable bonds is 4. The molecule has 0 aliphatic rings. The maximum atomic E-state index is 6.17. The van der Waals surface area contributed by atoms with E-state index in [0.717, 1.165) is 11.1 Å². The number of anilines is 2. The highest BCUT2D eigenvalue weighted by molar-refractivity contribution is 6.31. The second-order valence-electron chi connectivity index (χ2n) is 4.77. The highest BCUT2D eigenvalue weighted by Gasteiger charge is 2.11. The first-order valence-electron chi connectivity index (χ1n) is 6.40. The van der Waals surface area contributed by atoms with Crippen LogP contribution in [0.3, 0.4) is 0 Å². The first kappa shape index (κ1) is 14.6. The average molecular weight is 292 g/mol. The van der Waals surface area contributed by atoms with Crippen LogP contribution < -0.4 is 16.8 Å². The molecule has 0 bridgehead atoms. The van der Waals surface area contributed by atoms with E-state index >= 15 is 0 Å². The summed E-state index contributed by atoms with van der Waals surface area (Å²) in [5.74, 6) is 0.902. The molecule has 2 aromatic rings. The molecule has 0 spiro atoms. The minimum Gasteiger partial charge on any atom is -0.368 e. The van der Waals surface area contributed by atoms with Crippen molar-refractivity contribution in [1.29, 1.82) is 0 Å². The summed E-state index contributed by atoms with van der Waals surface area (Å²) >= 11 is 6.17. The number of hydrogen-bond donors (Lipinski definition) is 3. The van der Waals surface area contributed by atoms with Gasteiger partial charge in [0, 0.05) is 29.2 Å². The number of hydrogen-bond acceptors (Lipinski definition) is 5. The van der Waals surface area contributed by atoms with Crippen LogP contribution in [0, 0.1) is 0 Å². The molecular weight excluding hydrogens is 274 g/mol. The Hall–Kier alpha value is -1.85. The van der Waals surface area contributed by atoms with Gasteiger partial charge in [0.25, 0.3) is 0 Å². The molecule has 5 N–H and O–H groups in total. The van der Waals surface area contributed by atoms with Gasteiger partial charge in [-0.3, -0.25) is 0 Å². The number of nitrogen functional groups attached to an aromatic ring is 1. The van der Waals surface area contributed by atoms with Crippen molar-refractivity contribution in [3.05, 3.63) is 34.9 Å². The van der Waals surface area contributed by atoms with E-state index in [1.807, 2.05) is 38.1 Å². The highest BCUT2D eigenvalue weighted by atomic mass is 35.5. The molecule has 0 aliphatic carbocycles. The fourth-order valence-corrected chi connectivity index (χ4v) is 2.23. The summed E-state index contributed by atoms with van der Waals surface area (Å²) in [6, 6.07) is 7.71. The van der Waals surface area contributed by atoms with Crippen molar-refractivity contribution >= 4 is 23.4 Å². The largest absolute Gasteiger partial charge is 0.368 e. The van der Waals surface area contributed by atoms with Crippen molar-refractivity contribution in [2.45, 2.75) is 26.4 Å². The average Bonchev–Trinajstić information content (AvgIpc) is 2.36. The van der Waals surface area contributed by atoms with Crippen LogP contribution in [0.2, 0.25) is 5.02 Å². The fourth-order valence-electron chi connectivity index (χ4n) is 1.98. The Balaban J connectivity index is 2.52. The molecule has 0 saturated heterocycles. The summed E-state index contributed by atoms with van der Waals surface area (Å²) < 4.78 is 0. The lowest BCUT2D eigenvalue weighted by Gasteiger charge is -2.13. The normalized spacial score (nSPS) is 10.8. The predicted molar refractivity (Wildman–Crippen MR) is 83.5 cm³/mol. The van der Waals surface area contributed by atoms with Crippen molar-refractivity contribution in [2.24, 2.45) is 5.73 Å². The van der Waals surface area contributed by atoms with Crippen LogP contribution in [0.15, 0.2) is 24.3 Å². The molecule has 0 aliphatic heterocycles. The Kier molecular flexibility index (Phi) is 4.42. The second-order valence-corrected chi connectivity index (χ2v) is 5.17. The van der Waals surface area contributed by atoms with E-state index in [9.17, 15) is 0 Å². The smallest absolute Gasteiger partial charge is 0.222 e. The molecule has 2 rings (SSSR count). The molecule has 0 unspecified atom stereocenters. The maximum Gasteiger partial charge on any atom is 0.222 e. The zero-order valence-corrected chi connectivity index (χ0v) is 12.3. The Morgan fingerprint density at radius 3 is 2.70 bits per heavy atom. The van der Waals surface area contributed by atoms with Gasteiger partial charge in [-0.15, -0.1) is 0 Å². The first-order chi connectivity index (χ1) is 9.51. The van der Waals surface area contributed by atoms with E-state index in [4.69, 9.17) is 23.1 Å². The lowest BCUT2D eigenvalue weighted by molar-refractivity contribution is 0.887. The summed E-state index contributed by atoms with van der Waals surface area (Å²) in [7, 11) is 0. The van der Waals surface area contributed by atoms with Gasteiger partial charge in [-0.1, -0.05) is 23.7 Å². The lowest BCUT2D eigenvalue weighted by Crippen LogP contribution is -2.12. The molecule has 0 amide bonds. The van der Waals surface area contributed by atoms with E-state index in [1.54, 1.807) is 0 Å². The Morgan fingerprint density at radius 1 is 1.30 bits per heavy atom. The molecule has 20 heavy (non-hydrogen) atoms. The van der Waals surface area contributed by atoms with Crippen LogP contribution in [-0.4, -0.2) is 16.0 Å². The minimum absolute atomic E-state index is 0.216. The molecule has 0 fully saturated rings. The quantitative estimate of drug-likeness (QED) is 0.806. The van der Waals surface area contributed by atoms with Gasteiger partial charge in [-0.05, 0) is 25.5 Å². The van der Waals surface area contributed by atoms with Crippen molar-refractivity contribution < 1.29 is 0 Å². The number of nitrogens with one attached hydrogen (secondary N) is 1. The molecule has 1 heterocycles. The molecule has 0 atom stereocenters. The van der Waals surface area contributed by atoms with Crippen molar-refractivity contribution in [3.8, 4) is 11.3 Å². The van der Waals surface area contributed by atoms with Gasteiger partial charge >= 0.3 is 0 Å². The summed E-state index contributed by atoms with van der Waals surface area (Å²) in [6.45, 7) is 4.40. The second kappa shape index (κ2) is 6.07. The van der Waals surface area contributed by atoms with Gasteiger partial charge in [0.15, 0.2) is 0 Å². The molecule has 1 aromatic heterocycles. The summed E-state index contributed by atoms with van der Waals surface area (Å²) in [5.41, 5.74) is 14.0. The van der Waals surface area contributed by atoms with Crippen LogP contribution in [0.4, 0.5) is 11.8 Å². The summed E-state index contributed by atoms with van der Waals surface area (Å²) in [6.07, 6.45) is 0. The molecule has 0 saturated carbocycles. The van der Waals surface area contributed by atoms with E-state index in [-0.39, 0.29) is 12.0 Å². The predicted octanol–water partition coefficient (Wildman–Crippen LogP) is 2.66. The summed E-state index contributed by atoms with van der Waals surface area (Å²) in [5, 5.41) is 3.84. The van der Waals surface area contributed by atoms with E-state index in [2.05, 4.69) is 15.3 Å². The molecule has 5 nitrogen and oxygen atoms in total. The fraction of sp³-hybridized carbons (Fsp3) is 0.286. The van der Waals surface area contributed by atoms with Crippen LogP contribution in [0.1, 0.15) is 19.4 Å². The highest BCUT2D eigenvalue weighted by Crippen LogP contribution is 2.29. The lowest BCUT2D eigenvalue weighted by atomic mass is 10.0. The van der Waals surface area contributed by atoms with E-state index in [0.29, 0.717) is 23.1 Å². The zero-order chi connectivity index (χ0) is 14.7. The third-order valence-corrected chi connectivity index (χ3v) is 3.13. The van der Waals surface area contributed by atoms with Crippen LogP contribution in [0.25, 0.3) is 11.3 Å². The number of benzene rings is 1. The van der Waals surface area contributed by atoms with Crippen molar-refractivity contribution in [3.63, 3.8) is 0 Å². The molecule has 106 valence electrons. The van der Waals surface area contributed by atoms with Crippen LogP contribution in [0.5, 0.6) is 0 Å². The number of nitrogens with two attached hydrogens (primary N) is 2. The van der Waals surface area contributed by atoms with E-state index in [1.165, 1.54) is 0 Å². The van der Waals surface area contributed by atoms with Gasteiger partial charge in [-0.2, -0.15) is 4.98 Å². The number of halogens is 1. The van der Waals surface area contributed by atoms with Gasteiger partial charge in [-0.25, -0.2) is 4.98 Å². The minimum atomic E-state index is 0.216. The molecule has 6 heteroatoms. The van der Waals surface area contributed by atoms with Gasteiger partial charge < -0.3 is 16.8 Å². The third kappa shape index (κ3) is 3.18. The maximum absolute atomic E-state index is 6.17. The molecule has 1 aromatic carbocycles. The summed E-state index contributed by atoms with van der Waals surface area (Å²) in [4.78, 5) is 8.44. The Labute approximate surface area is 123 Å². The third-order valence-electron chi connectivity index (χ3n) is 2.78. The molecule has 0 radical (unpaired) electrons.